The first-order chi connectivity index (χ1) is 15.6. The number of carbonyl (C=O) groups is 2. The fraction of sp³-hybridized carbons (Fsp3) is 0.120. The minimum absolute atomic E-state index is 0.0441. The van der Waals surface area contributed by atoms with Gasteiger partial charge in [0.2, 0.25) is 11.8 Å². The Labute approximate surface area is 191 Å². The molecule has 1 unspecified atom stereocenters. The summed E-state index contributed by atoms with van der Waals surface area (Å²) < 4.78 is 0. The molecule has 160 valence electrons. The monoisotopic (exact) mass is 442 g/mol. The molecule has 4 rings (SSSR count). The van der Waals surface area contributed by atoms with Gasteiger partial charge in [0.1, 0.15) is 5.25 Å². The van der Waals surface area contributed by atoms with E-state index in [9.17, 15) is 9.59 Å². The summed E-state index contributed by atoms with van der Waals surface area (Å²) in [4.78, 5) is 27.2. The van der Waals surface area contributed by atoms with Gasteiger partial charge < -0.3 is 5.32 Å². The SMILES string of the molecule is Cc1ccc(/C=N/N=C2\SC(CC(=O)Nc3ccccc3)C(=O)N2c2ccccc2)cc1. The van der Waals surface area contributed by atoms with Gasteiger partial charge in [0.15, 0.2) is 5.17 Å². The van der Waals surface area contributed by atoms with Crippen molar-refractivity contribution in [1.82, 2.24) is 0 Å². The smallest absolute Gasteiger partial charge is 0.247 e. The van der Waals surface area contributed by atoms with Gasteiger partial charge in [-0.15, -0.1) is 5.10 Å². The Morgan fingerprint density at radius 3 is 2.34 bits per heavy atom. The van der Waals surface area contributed by atoms with E-state index < -0.39 is 5.25 Å². The highest BCUT2D eigenvalue weighted by Crippen LogP contribution is 2.33. The van der Waals surface area contributed by atoms with Crippen molar-refractivity contribution in [1.29, 1.82) is 0 Å². The van der Waals surface area contributed by atoms with Gasteiger partial charge in [-0.25, -0.2) is 0 Å². The van der Waals surface area contributed by atoms with Crippen molar-refractivity contribution in [2.75, 3.05) is 10.2 Å². The number of nitrogens with zero attached hydrogens (tertiary/aromatic N) is 3. The van der Waals surface area contributed by atoms with Crippen LogP contribution < -0.4 is 10.2 Å². The number of amidine groups is 1. The maximum absolute atomic E-state index is 13.2. The Morgan fingerprint density at radius 1 is 1.00 bits per heavy atom. The molecule has 32 heavy (non-hydrogen) atoms. The number of rotatable bonds is 6. The van der Waals surface area contributed by atoms with Crippen molar-refractivity contribution in [3.8, 4) is 0 Å². The molecule has 1 atom stereocenters. The first-order valence-electron chi connectivity index (χ1n) is 10.2. The van der Waals surface area contributed by atoms with Crippen LogP contribution >= 0.6 is 11.8 Å². The molecule has 3 aromatic carbocycles. The Kier molecular flexibility index (Phi) is 6.77. The van der Waals surface area contributed by atoms with Crippen LogP contribution in [0.3, 0.4) is 0 Å². The number of nitrogens with one attached hydrogen (secondary N) is 1. The van der Waals surface area contributed by atoms with Crippen molar-refractivity contribution in [3.05, 3.63) is 96.1 Å². The second-order valence-corrected chi connectivity index (χ2v) is 8.44. The first kappa shape index (κ1) is 21.5. The molecule has 0 aliphatic carbocycles. The number of thioether (sulfide) groups is 1. The third kappa shape index (κ3) is 5.31. The van der Waals surface area contributed by atoms with Gasteiger partial charge in [-0.05, 0) is 36.8 Å². The molecular formula is C25H22N4O2S. The standard InChI is InChI=1S/C25H22N4O2S/c1-18-12-14-19(15-13-18)17-26-28-25-29(21-10-6-3-7-11-21)24(31)22(32-25)16-23(30)27-20-8-4-2-5-9-20/h2-15,17,22H,16H2,1H3,(H,27,30)/b26-17+,28-25-. The molecule has 3 aromatic rings. The highest BCUT2D eigenvalue weighted by molar-refractivity contribution is 8.16. The van der Waals surface area contributed by atoms with Crippen molar-refractivity contribution in [2.45, 2.75) is 18.6 Å². The summed E-state index contributed by atoms with van der Waals surface area (Å²) in [6, 6.07) is 26.4. The average molecular weight is 443 g/mol. The number of hydrogen-bond donors (Lipinski definition) is 1. The summed E-state index contributed by atoms with van der Waals surface area (Å²) in [5.74, 6) is -0.409. The highest BCUT2D eigenvalue weighted by atomic mass is 32.2. The Morgan fingerprint density at radius 2 is 1.66 bits per heavy atom. The second-order valence-electron chi connectivity index (χ2n) is 7.27. The van der Waals surface area contributed by atoms with Crippen LogP contribution in [0.15, 0.2) is 95.1 Å². The number of anilines is 2. The van der Waals surface area contributed by atoms with E-state index in [0.717, 1.165) is 11.1 Å². The minimum Gasteiger partial charge on any atom is -0.326 e. The molecule has 0 spiro atoms. The van der Waals surface area contributed by atoms with E-state index in [1.165, 1.54) is 16.7 Å². The maximum atomic E-state index is 13.2. The Bertz CT molecular complexity index is 1150. The third-order valence-corrected chi connectivity index (χ3v) is 5.93. The zero-order valence-corrected chi connectivity index (χ0v) is 18.3. The average Bonchev–Trinajstić information content (AvgIpc) is 3.11. The van der Waals surface area contributed by atoms with E-state index in [-0.39, 0.29) is 18.2 Å². The number of hydrogen-bond acceptors (Lipinski definition) is 5. The summed E-state index contributed by atoms with van der Waals surface area (Å²) in [5, 5.41) is 11.2. The number of para-hydroxylation sites is 2. The molecule has 7 heteroatoms. The normalized spacial score (nSPS) is 17.3. The maximum Gasteiger partial charge on any atom is 0.247 e. The van der Waals surface area contributed by atoms with Crippen molar-refractivity contribution in [3.63, 3.8) is 0 Å². The minimum atomic E-state index is -0.577. The lowest BCUT2D eigenvalue weighted by Crippen LogP contribution is -2.33. The summed E-state index contributed by atoms with van der Waals surface area (Å²) in [5.41, 5.74) is 3.47. The van der Waals surface area contributed by atoms with Crippen LogP contribution in [-0.4, -0.2) is 28.4 Å². The summed E-state index contributed by atoms with van der Waals surface area (Å²) in [7, 11) is 0. The van der Waals surface area contributed by atoms with Gasteiger partial charge in [-0.1, -0.05) is 78.0 Å². The van der Waals surface area contributed by atoms with Crippen molar-refractivity contribution in [2.24, 2.45) is 10.2 Å². The van der Waals surface area contributed by atoms with E-state index in [1.807, 2.05) is 91.9 Å². The topological polar surface area (TPSA) is 74.1 Å². The van der Waals surface area contributed by atoms with Gasteiger partial charge in [-0.3, -0.25) is 14.5 Å². The lowest BCUT2D eigenvalue weighted by molar-refractivity contribution is -0.121. The molecule has 1 N–H and O–H groups in total. The predicted octanol–water partition coefficient (Wildman–Crippen LogP) is 4.86. The van der Waals surface area contributed by atoms with Gasteiger partial charge >= 0.3 is 0 Å². The molecule has 1 aliphatic heterocycles. The molecule has 6 nitrogen and oxygen atoms in total. The highest BCUT2D eigenvalue weighted by Gasteiger charge is 2.40. The molecule has 1 aliphatic rings. The summed E-state index contributed by atoms with van der Waals surface area (Å²) in [6.45, 7) is 2.02. The lowest BCUT2D eigenvalue weighted by Gasteiger charge is -2.15. The quantitative estimate of drug-likeness (QED) is 0.438. The zero-order chi connectivity index (χ0) is 22.3. The number of amides is 2. The fourth-order valence-corrected chi connectivity index (χ4v) is 4.27. The van der Waals surface area contributed by atoms with Crippen LogP contribution in [0.2, 0.25) is 0 Å². The first-order valence-corrected chi connectivity index (χ1v) is 11.1. The van der Waals surface area contributed by atoms with E-state index >= 15 is 0 Å². The van der Waals surface area contributed by atoms with E-state index in [4.69, 9.17) is 0 Å². The van der Waals surface area contributed by atoms with E-state index in [2.05, 4.69) is 15.5 Å². The van der Waals surface area contributed by atoms with Gasteiger partial charge in [0.25, 0.3) is 0 Å². The van der Waals surface area contributed by atoms with Crippen LogP contribution in [-0.2, 0) is 9.59 Å². The molecule has 1 saturated heterocycles. The lowest BCUT2D eigenvalue weighted by atomic mass is 10.2. The van der Waals surface area contributed by atoms with Crippen molar-refractivity contribution >= 4 is 46.3 Å². The molecular weight excluding hydrogens is 420 g/mol. The Balaban J connectivity index is 1.53. The molecule has 2 amide bonds. The largest absolute Gasteiger partial charge is 0.326 e. The number of carbonyl (C=O) groups excluding carboxylic acids is 2. The number of benzene rings is 3. The van der Waals surface area contributed by atoms with Gasteiger partial charge in [0, 0.05) is 12.1 Å². The van der Waals surface area contributed by atoms with Crippen molar-refractivity contribution < 1.29 is 9.59 Å². The third-order valence-electron chi connectivity index (χ3n) is 4.80. The van der Waals surface area contributed by atoms with E-state index in [0.29, 0.717) is 16.5 Å². The summed E-state index contributed by atoms with van der Waals surface area (Å²) >= 11 is 1.25. The second kappa shape index (κ2) is 10.1. The molecule has 1 fully saturated rings. The van der Waals surface area contributed by atoms with Gasteiger partial charge in [-0.2, -0.15) is 5.10 Å². The van der Waals surface area contributed by atoms with Gasteiger partial charge in [0.05, 0.1) is 11.9 Å². The van der Waals surface area contributed by atoms with Crippen LogP contribution in [0, 0.1) is 6.92 Å². The fourth-order valence-electron chi connectivity index (χ4n) is 3.18. The molecule has 0 aromatic heterocycles. The van der Waals surface area contributed by atoms with Crippen LogP contribution in [0.5, 0.6) is 0 Å². The molecule has 0 bridgehead atoms. The van der Waals surface area contributed by atoms with Crippen LogP contribution in [0.4, 0.5) is 11.4 Å². The number of aryl methyl sites for hydroxylation is 1. The van der Waals surface area contributed by atoms with E-state index in [1.54, 1.807) is 6.21 Å². The molecule has 0 radical (unpaired) electrons. The summed E-state index contributed by atoms with van der Waals surface area (Å²) in [6.07, 6.45) is 1.69. The predicted molar refractivity (Wildman–Crippen MR) is 131 cm³/mol. The molecule has 1 heterocycles. The van der Waals surface area contributed by atoms with Crippen LogP contribution in [0.1, 0.15) is 17.5 Å². The van der Waals surface area contributed by atoms with Crippen LogP contribution in [0.25, 0.3) is 0 Å². The Hall–Kier alpha value is -3.71. The molecule has 0 saturated carbocycles. The zero-order valence-electron chi connectivity index (χ0n) is 17.5.